The van der Waals surface area contributed by atoms with Crippen LogP contribution < -0.4 is 5.32 Å². The number of unbranched alkanes of at least 4 members (excludes halogenated alkanes) is 1. The van der Waals surface area contributed by atoms with Crippen molar-refractivity contribution in [2.75, 3.05) is 0 Å². The first-order valence-electron chi connectivity index (χ1n) is 6.53. The first-order chi connectivity index (χ1) is 8.00. The number of aliphatic carboxylic acids is 1. The van der Waals surface area contributed by atoms with E-state index in [9.17, 15) is 14.7 Å². The Morgan fingerprint density at radius 1 is 1.41 bits per heavy atom. The van der Waals surface area contributed by atoms with Crippen molar-refractivity contribution in [2.24, 2.45) is 5.41 Å². The molecule has 0 aromatic rings. The Morgan fingerprint density at radius 3 is 2.71 bits per heavy atom. The molecule has 2 atom stereocenters. The van der Waals surface area contributed by atoms with Crippen molar-refractivity contribution in [3.63, 3.8) is 0 Å². The summed E-state index contributed by atoms with van der Waals surface area (Å²) in [5.41, 5.74) is -0.792. The van der Waals surface area contributed by atoms with Gasteiger partial charge in [-0.05, 0) is 26.2 Å². The molecule has 1 fully saturated rings. The largest absolute Gasteiger partial charge is 0.481 e. The zero-order chi connectivity index (χ0) is 12.9. The van der Waals surface area contributed by atoms with Crippen molar-refractivity contribution in [1.82, 2.24) is 5.32 Å². The third-order valence-electron chi connectivity index (χ3n) is 3.79. The predicted molar refractivity (Wildman–Crippen MR) is 65.7 cm³/mol. The topological polar surface area (TPSA) is 66.4 Å². The summed E-state index contributed by atoms with van der Waals surface area (Å²) in [5, 5.41) is 12.2. The van der Waals surface area contributed by atoms with Gasteiger partial charge in [0.25, 0.3) is 0 Å². The normalized spacial score (nSPS) is 28.7. The second kappa shape index (κ2) is 6.03. The summed E-state index contributed by atoms with van der Waals surface area (Å²) in [6.45, 7) is 3.79. The molecule has 98 valence electrons. The van der Waals surface area contributed by atoms with Gasteiger partial charge in [-0.1, -0.05) is 26.2 Å². The number of carboxylic acids is 1. The summed E-state index contributed by atoms with van der Waals surface area (Å²) in [6, 6.07) is -0.210. The van der Waals surface area contributed by atoms with Gasteiger partial charge in [0.1, 0.15) is 0 Å². The first kappa shape index (κ1) is 14.0. The molecular formula is C13H23NO3. The zero-order valence-electron chi connectivity index (χ0n) is 10.8. The molecule has 0 aromatic heterocycles. The highest BCUT2D eigenvalue weighted by Crippen LogP contribution is 2.36. The van der Waals surface area contributed by atoms with Gasteiger partial charge in [-0.25, -0.2) is 0 Å². The van der Waals surface area contributed by atoms with E-state index in [4.69, 9.17) is 0 Å². The summed E-state index contributed by atoms with van der Waals surface area (Å²) in [5.74, 6) is -0.802. The van der Waals surface area contributed by atoms with E-state index in [1.807, 2.05) is 6.92 Å². The molecule has 0 heterocycles. The van der Waals surface area contributed by atoms with Crippen LogP contribution in [0.4, 0.5) is 0 Å². The maximum atomic E-state index is 11.7. The molecule has 2 N–H and O–H groups in total. The third-order valence-corrected chi connectivity index (χ3v) is 3.79. The first-order valence-corrected chi connectivity index (χ1v) is 6.53. The quantitative estimate of drug-likeness (QED) is 0.776. The highest BCUT2D eigenvalue weighted by molar-refractivity contribution is 5.79. The van der Waals surface area contributed by atoms with Crippen LogP contribution in [0.25, 0.3) is 0 Å². The number of carbonyl (C=O) groups is 2. The van der Waals surface area contributed by atoms with Crippen molar-refractivity contribution >= 4 is 11.9 Å². The second-order valence-electron chi connectivity index (χ2n) is 5.19. The molecule has 0 saturated heterocycles. The number of carboxylic acid groups (broad SMARTS) is 1. The number of carbonyl (C=O) groups excluding carboxylic acids is 1. The van der Waals surface area contributed by atoms with E-state index in [0.717, 1.165) is 32.1 Å². The number of rotatable bonds is 5. The lowest BCUT2D eigenvalue weighted by atomic mass is 9.71. The van der Waals surface area contributed by atoms with Gasteiger partial charge in [0.15, 0.2) is 0 Å². The van der Waals surface area contributed by atoms with Gasteiger partial charge in [0, 0.05) is 12.5 Å². The Bertz CT molecular complexity index is 290. The Hall–Kier alpha value is -1.06. The van der Waals surface area contributed by atoms with Crippen LogP contribution in [-0.2, 0) is 9.59 Å². The van der Waals surface area contributed by atoms with E-state index in [0.29, 0.717) is 12.8 Å². The molecule has 0 radical (unpaired) electrons. The molecule has 0 aliphatic heterocycles. The third kappa shape index (κ3) is 3.45. The molecule has 1 saturated carbocycles. The maximum absolute atomic E-state index is 11.7. The Labute approximate surface area is 103 Å². The lowest BCUT2D eigenvalue weighted by Gasteiger charge is -2.38. The summed E-state index contributed by atoms with van der Waals surface area (Å²) in [6.07, 6.45) is 5.72. The van der Waals surface area contributed by atoms with Crippen LogP contribution in [0, 0.1) is 5.41 Å². The van der Waals surface area contributed by atoms with Crippen LogP contribution in [-0.4, -0.2) is 23.0 Å². The van der Waals surface area contributed by atoms with E-state index in [-0.39, 0.29) is 11.9 Å². The van der Waals surface area contributed by atoms with Gasteiger partial charge in [0.05, 0.1) is 5.41 Å². The predicted octanol–water partition coefficient (Wildman–Crippen LogP) is 2.33. The highest BCUT2D eigenvalue weighted by atomic mass is 16.4. The molecule has 1 aliphatic rings. The SMILES string of the molecule is CCCCC(=O)NC1CCCCC1(C)C(=O)O. The minimum absolute atomic E-state index is 0.00812. The Balaban J connectivity index is 2.60. The van der Waals surface area contributed by atoms with Crippen LogP contribution in [0.1, 0.15) is 58.8 Å². The van der Waals surface area contributed by atoms with Gasteiger partial charge in [0.2, 0.25) is 5.91 Å². The Morgan fingerprint density at radius 2 is 2.12 bits per heavy atom. The summed E-state index contributed by atoms with van der Waals surface area (Å²) in [7, 11) is 0. The van der Waals surface area contributed by atoms with Crippen molar-refractivity contribution in [3.05, 3.63) is 0 Å². The van der Waals surface area contributed by atoms with Crippen LogP contribution in [0.3, 0.4) is 0 Å². The van der Waals surface area contributed by atoms with Crippen molar-refractivity contribution in [2.45, 2.75) is 64.8 Å². The van der Waals surface area contributed by atoms with Crippen LogP contribution >= 0.6 is 0 Å². The number of amides is 1. The smallest absolute Gasteiger partial charge is 0.311 e. The summed E-state index contributed by atoms with van der Waals surface area (Å²) in [4.78, 5) is 23.0. The van der Waals surface area contributed by atoms with E-state index in [1.54, 1.807) is 6.92 Å². The molecule has 4 nitrogen and oxygen atoms in total. The standard InChI is InChI=1S/C13H23NO3/c1-3-4-8-11(15)14-10-7-5-6-9-13(10,2)12(16)17/h10H,3-9H2,1-2H3,(H,14,15)(H,16,17). The van der Waals surface area contributed by atoms with Crippen molar-refractivity contribution in [3.8, 4) is 0 Å². The van der Waals surface area contributed by atoms with Crippen LogP contribution in [0.5, 0.6) is 0 Å². The number of hydrogen-bond donors (Lipinski definition) is 2. The fourth-order valence-corrected chi connectivity index (χ4v) is 2.42. The van der Waals surface area contributed by atoms with Crippen LogP contribution in [0.2, 0.25) is 0 Å². The monoisotopic (exact) mass is 241 g/mol. The van der Waals surface area contributed by atoms with E-state index < -0.39 is 11.4 Å². The molecule has 0 aromatic carbocycles. The number of hydrogen-bond acceptors (Lipinski definition) is 2. The molecule has 17 heavy (non-hydrogen) atoms. The highest BCUT2D eigenvalue weighted by Gasteiger charge is 2.43. The minimum atomic E-state index is -0.794. The number of nitrogens with one attached hydrogen (secondary N) is 1. The second-order valence-corrected chi connectivity index (χ2v) is 5.19. The average Bonchev–Trinajstić information content (AvgIpc) is 2.29. The Kier molecular flexibility index (Phi) is 4.97. The average molecular weight is 241 g/mol. The molecule has 1 amide bonds. The fraction of sp³-hybridized carbons (Fsp3) is 0.846. The zero-order valence-corrected chi connectivity index (χ0v) is 10.8. The van der Waals surface area contributed by atoms with E-state index in [2.05, 4.69) is 5.32 Å². The summed E-state index contributed by atoms with van der Waals surface area (Å²) >= 11 is 0. The molecule has 0 spiro atoms. The van der Waals surface area contributed by atoms with Gasteiger partial charge < -0.3 is 10.4 Å². The molecule has 1 aliphatic carbocycles. The van der Waals surface area contributed by atoms with E-state index >= 15 is 0 Å². The molecule has 0 bridgehead atoms. The molecule has 4 heteroatoms. The maximum Gasteiger partial charge on any atom is 0.311 e. The van der Waals surface area contributed by atoms with Gasteiger partial charge in [-0.15, -0.1) is 0 Å². The molecule has 1 rings (SSSR count). The van der Waals surface area contributed by atoms with Gasteiger partial charge in [-0.3, -0.25) is 9.59 Å². The van der Waals surface area contributed by atoms with Crippen LogP contribution in [0.15, 0.2) is 0 Å². The van der Waals surface area contributed by atoms with Gasteiger partial charge >= 0.3 is 5.97 Å². The minimum Gasteiger partial charge on any atom is -0.481 e. The van der Waals surface area contributed by atoms with Crippen molar-refractivity contribution in [1.29, 1.82) is 0 Å². The lowest BCUT2D eigenvalue weighted by molar-refractivity contribution is -0.152. The fourth-order valence-electron chi connectivity index (χ4n) is 2.42. The molecular weight excluding hydrogens is 218 g/mol. The summed E-state index contributed by atoms with van der Waals surface area (Å²) < 4.78 is 0. The molecule has 2 unspecified atom stereocenters. The lowest BCUT2D eigenvalue weighted by Crippen LogP contribution is -2.52. The van der Waals surface area contributed by atoms with E-state index in [1.165, 1.54) is 0 Å². The van der Waals surface area contributed by atoms with Gasteiger partial charge in [-0.2, -0.15) is 0 Å². The van der Waals surface area contributed by atoms with Crippen molar-refractivity contribution < 1.29 is 14.7 Å².